The Labute approximate surface area is 135 Å². The lowest BCUT2D eigenvalue weighted by atomic mass is 10.2. The van der Waals surface area contributed by atoms with E-state index in [0.29, 0.717) is 0 Å². The molecule has 0 unspecified atom stereocenters. The molecule has 0 spiro atoms. The van der Waals surface area contributed by atoms with Crippen LogP contribution in [-0.2, 0) is 5.75 Å². The molecule has 0 aromatic carbocycles. The minimum atomic E-state index is 0.873. The number of aryl methyl sites for hydroxylation is 2. The molecule has 21 heavy (non-hydrogen) atoms. The normalized spacial score (nSPS) is 11.5. The predicted octanol–water partition coefficient (Wildman–Crippen LogP) is 3.53. The van der Waals surface area contributed by atoms with Gasteiger partial charge in [0.05, 0.1) is 11.1 Å². The highest BCUT2D eigenvalue weighted by Crippen LogP contribution is 2.33. The van der Waals surface area contributed by atoms with Crippen LogP contribution in [0.5, 0.6) is 0 Å². The van der Waals surface area contributed by atoms with Crippen molar-refractivity contribution in [2.45, 2.75) is 26.5 Å². The fourth-order valence-electron chi connectivity index (χ4n) is 2.06. The molecule has 0 bridgehead atoms. The van der Waals surface area contributed by atoms with E-state index in [1.54, 1.807) is 11.3 Å². The van der Waals surface area contributed by atoms with Gasteiger partial charge in [0.1, 0.15) is 16.5 Å². The lowest BCUT2D eigenvalue weighted by molar-refractivity contribution is 0.437. The summed E-state index contributed by atoms with van der Waals surface area (Å²) >= 11 is 3.66. The second kappa shape index (κ2) is 7.42. The van der Waals surface area contributed by atoms with Crippen molar-refractivity contribution in [3.05, 3.63) is 16.3 Å². The number of anilines is 1. The smallest absolute Gasteiger partial charge is 0.142 e. The quantitative estimate of drug-likeness (QED) is 0.789. The molecule has 4 nitrogen and oxygen atoms in total. The zero-order valence-electron chi connectivity index (χ0n) is 13.5. The number of thiophene rings is 1. The second-order valence-electron chi connectivity index (χ2n) is 5.34. The van der Waals surface area contributed by atoms with E-state index in [2.05, 4.69) is 45.1 Å². The molecule has 0 saturated heterocycles. The molecule has 0 fully saturated rings. The number of fused-ring (bicyclic) bond motifs is 1. The Hall–Kier alpha value is -0.850. The monoisotopic (exact) mass is 324 g/mol. The molecule has 6 heteroatoms. The minimum absolute atomic E-state index is 0.873. The molecule has 0 aliphatic heterocycles. The van der Waals surface area contributed by atoms with E-state index in [1.807, 2.05) is 11.8 Å². The summed E-state index contributed by atoms with van der Waals surface area (Å²) in [5.74, 6) is 3.90. The zero-order chi connectivity index (χ0) is 15.4. The molecule has 2 rings (SSSR count). The molecule has 0 aliphatic carbocycles. The standard InChI is InChI=1S/C15H24N4S2/c1-6-16-14-13-10(2)11(3)21-15(13)18-12(17-14)9-20-8-7-19(4)5/h6-9H2,1-5H3,(H,16,17,18). The fraction of sp³-hybridized carbons (Fsp3) is 0.600. The highest BCUT2D eigenvalue weighted by molar-refractivity contribution is 7.98. The molecule has 2 aromatic rings. The Morgan fingerprint density at radius 2 is 2.00 bits per heavy atom. The average Bonchev–Trinajstić information content (AvgIpc) is 2.70. The molecule has 2 aromatic heterocycles. The van der Waals surface area contributed by atoms with Crippen LogP contribution in [0.4, 0.5) is 5.82 Å². The Morgan fingerprint density at radius 3 is 2.67 bits per heavy atom. The van der Waals surface area contributed by atoms with Crippen LogP contribution in [0.2, 0.25) is 0 Å². The first-order chi connectivity index (χ1) is 10.0. The summed E-state index contributed by atoms with van der Waals surface area (Å²) in [6.07, 6.45) is 0. The molecule has 0 saturated carbocycles. The Balaban J connectivity index is 2.21. The highest BCUT2D eigenvalue weighted by atomic mass is 32.2. The summed E-state index contributed by atoms with van der Waals surface area (Å²) in [6.45, 7) is 8.39. The summed E-state index contributed by atoms with van der Waals surface area (Å²) in [5, 5.41) is 4.59. The Morgan fingerprint density at radius 1 is 1.24 bits per heavy atom. The third kappa shape index (κ3) is 4.08. The van der Waals surface area contributed by atoms with Gasteiger partial charge in [0.15, 0.2) is 0 Å². The Bertz CT molecular complexity index is 607. The van der Waals surface area contributed by atoms with E-state index in [1.165, 1.54) is 15.8 Å². The minimum Gasteiger partial charge on any atom is -0.370 e. The number of hydrogen-bond acceptors (Lipinski definition) is 6. The lowest BCUT2D eigenvalue weighted by Crippen LogP contribution is -2.15. The number of nitrogens with zero attached hydrogens (tertiary/aromatic N) is 3. The van der Waals surface area contributed by atoms with Crippen LogP contribution >= 0.6 is 23.1 Å². The van der Waals surface area contributed by atoms with Crippen LogP contribution in [0.15, 0.2) is 0 Å². The number of nitrogens with one attached hydrogen (secondary N) is 1. The topological polar surface area (TPSA) is 41.1 Å². The molecule has 2 heterocycles. The SMILES string of the molecule is CCNc1nc(CSCCN(C)C)nc2sc(C)c(C)c12. The van der Waals surface area contributed by atoms with E-state index in [9.17, 15) is 0 Å². The van der Waals surface area contributed by atoms with Gasteiger partial charge < -0.3 is 10.2 Å². The summed E-state index contributed by atoms with van der Waals surface area (Å²) in [4.78, 5) is 14.1. The van der Waals surface area contributed by atoms with Crippen LogP contribution in [0.3, 0.4) is 0 Å². The maximum Gasteiger partial charge on any atom is 0.142 e. The summed E-state index contributed by atoms with van der Waals surface area (Å²) < 4.78 is 0. The first-order valence-electron chi connectivity index (χ1n) is 7.25. The van der Waals surface area contributed by atoms with Crippen LogP contribution < -0.4 is 5.32 Å². The third-order valence-corrected chi connectivity index (χ3v) is 5.37. The largest absolute Gasteiger partial charge is 0.370 e. The van der Waals surface area contributed by atoms with Gasteiger partial charge in [-0.15, -0.1) is 11.3 Å². The van der Waals surface area contributed by atoms with Crippen LogP contribution in [0.1, 0.15) is 23.2 Å². The van der Waals surface area contributed by atoms with Gasteiger partial charge in [0.25, 0.3) is 0 Å². The van der Waals surface area contributed by atoms with E-state index >= 15 is 0 Å². The first-order valence-corrected chi connectivity index (χ1v) is 9.23. The van der Waals surface area contributed by atoms with Crippen molar-refractivity contribution in [2.24, 2.45) is 0 Å². The average molecular weight is 325 g/mol. The van der Waals surface area contributed by atoms with E-state index in [0.717, 1.165) is 41.1 Å². The van der Waals surface area contributed by atoms with Crippen LogP contribution in [0, 0.1) is 13.8 Å². The van der Waals surface area contributed by atoms with E-state index in [-0.39, 0.29) is 0 Å². The van der Waals surface area contributed by atoms with Crippen molar-refractivity contribution < 1.29 is 0 Å². The highest BCUT2D eigenvalue weighted by Gasteiger charge is 2.14. The van der Waals surface area contributed by atoms with Crippen molar-refractivity contribution in [2.75, 3.05) is 38.3 Å². The van der Waals surface area contributed by atoms with E-state index < -0.39 is 0 Å². The summed E-state index contributed by atoms with van der Waals surface area (Å²) in [6, 6.07) is 0. The summed E-state index contributed by atoms with van der Waals surface area (Å²) in [7, 11) is 4.20. The molecule has 0 aliphatic rings. The number of hydrogen-bond donors (Lipinski definition) is 1. The van der Waals surface area contributed by atoms with Gasteiger partial charge in [0, 0.05) is 23.7 Å². The van der Waals surface area contributed by atoms with Gasteiger partial charge in [-0.2, -0.15) is 11.8 Å². The number of thioether (sulfide) groups is 1. The molecule has 1 N–H and O–H groups in total. The van der Waals surface area contributed by atoms with Gasteiger partial charge in [-0.25, -0.2) is 9.97 Å². The molecule has 116 valence electrons. The van der Waals surface area contributed by atoms with Gasteiger partial charge in [-0.05, 0) is 40.4 Å². The van der Waals surface area contributed by atoms with Crippen LogP contribution in [0.25, 0.3) is 10.2 Å². The van der Waals surface area contributed by atoms with Crippen molar-refractivity contribution in [3.8, 4) is 0 Å². The second-order valence-corrected chi connectivity index (χ2v) is 7.65. The molecule has 0 radical (unpaired) electrons. The molecule has 0 atom stereocenters. The fourth-order valence-corrected chi connectivity index (χ4v) is 4.06. The third-order valence-electron chi connectivity index (χ3n) is 3.33. The van der Waals surface area contributed by atoms with Crippen molar-refractivity contribution in [3.63, 3.8) is 0 Å². The molecular weight excluding hydrogens is 300 g/mol. The lowest BCUT2D eigenvalue weighted by Gasteiger charge is -2.10. The zero-order valence-corrected chi connectivity index (χ0v) is 15.1. The Kier molecular flexibility index (Phi) is 5.84. The van der Waals surface area contributed by atoms with Crippen molar-refractivity contribution >= 4 is 39.1 Å². The maximum atomic E-state index is 4.75. The van der Waals surface area contributed by atoms with E-state index in [4.69, 9.17) is 9.97 Å². The van der Waals surface area contributed by atoms with Crippen molar-refractivity contribution in [1.29, 1.82) is 0 Å². The summed E-state index contributed by atoms with van der Waals surface area (Å²) in [5.41, 5.74) is 1.30. The number of rotatable bonds is 7. The van der Waals surface area contributed by atoms with Gasteiger partial charge >= 0.3 is 0 Å². The molecule has 0 amide bonds. The van der Waals surface area contributed by atoms with Gasteiger partial charge in [0.2, 0.25) is 0 Å². The maximum absolute atomic E-state index is 4.75. The van der Waals surface area contributed by atoms with Crippen LogP contribution in [-0.4, -0.2) is 47.8 Å². The van der Waals surface area contributed by atoms with Gasteiger partial charge in [-0.1, -0.05) is 0 Å². The predicted molar refractivity (Wildman–Crippen MR) is 95.8 cm³/mol. The van der Waals surface area contributed by atoms with Gasteiger partial charge in [-0.3, -0.25) is 0 Å². The molecular formula is C15H24N4S2. The number of aromatic nitrogens is 2. The van der Waals surface area contributed by atoms with Crippen molar-refractivity contribution in [1.82, 2.24) is 14.9 Å². The first kappa shape index (κ1) is 16.5.